The molecule has 1 atom stereocenters. The Hall–Kier alpha value is -1.86. The molecule has 3 heterocycles. The van der Waals surface area contributed by atoms with Crippen molar-refractivity contribution in [2.24, 2.45) is 0 Å². The normalized spacial score (nSPS) is 23.5. The summed E-state index contributed by atoms with van der Waals surface area (Å²) in [4.78, 5) is 8.03. The van der Waals surface area contributed by atoms with Crippen LogP contribution in [0.3, 0.4) is 0 Å². The van der Waals surface area contributed by atoms with Crippen LogP contribution in [0.25, 0.3) is 11.5 Å². The van der Waals surface area contributed by atoms with Gasteiger partial charge in [-0.05, 0) is 31.5 Å². The van der Waals surface area contributed by atoms with Crippen molar-refractivity contribution in [3.8, 4) is 11.5 Å². The minimum atomic E-state index is -1.14. The van der Waals surface area contributed by atoms with Crippen LogP contribution in [0.2, 0.25) is 0 Å². The van der Waals surface area contributed by atoms with E-state index in [1.165, 1.54) is 12.1 Å². The highest BCUT2D eigenvalue weighted by Crippen LogP contribution is 2.28. The van der Waals surface area contributed by atoms with Crippen LogP contribution in [0.1, 0.15) is 18.7 Å². The fourth-order valence-corrected chi connectivity index (χ4v) is 2.10. The molecule has 0 amide bonds. The number of hydrogen-bond donors (Lipinski definition) is 2. The highest BCUT2D eigenvalue weighted by molar-refractivity contribution is 5.47. The number of piperidine rings is 1. The first-order valence-corrected chi connectivity index (χ1v) is 6.07. The van der Waals surface area contributed by atoms with Crippen molar-refractivity contribution in [3.05, 3.63) is 30.0 Å². The molecular weight excluding hydrogens is 251 g/mol. The number of aromatic nitrogens is 3. The highest BCUT2D eigenvalue weighted by Gasteiger charge is 2.37. The van der Waals surface area contributed by atoms with E-state index < -0.39 is 11.4 Å². The standard InChI is InChI=1S/C12H13FN4O2/c13-8-2-3-9(15-6-8)10-16-11(19-17-10)12(18)4-1-5-14-7-12/h2-3,6,14,18H,1,4-5,7H2. The summed E-state index contributed by atoms with van der Waals surface area (Å²) in [5, 5.41) is 17.3. The smallest absolute Gasteiger partial charge is 0.260 e. The monoisotopic (exact) mass is 264 g/mol. The number of pyridine rings is 1. The van der Waals surface area contributed by atoms with Gasteiger partial charge in [0.05, 0.1) is 6.20 Å². The van der Waals surface area contributed by atoms with Crippen molar-refractivity contribution in [2.45, 2.75) is 18.4 Å². The van der Waals surface area contributed by atoms with Crippen LogP contribution in [0.5, 0.6) is 0 Å². The summed E-state index contributed by atoms with van der Waals surface area (Å²) in [6.07, 6.45) is 2.49. The van der Waals surface area contributed by atoms with Crippen molar-refractivity contribution in [1.29, 1.82) is 0 Å². The molecule has 1 saturated heterocycles. The molecule has 2 aromatic heterocycles. The second kappa shape index (κ2) is 4.67. The van der Waals surface area contributed by atoms with E-state index in [0.717, 1.165) is 19.2 Å². The van der Waals surface area contributed by atoms with E-state index in [0.29, 0.717) is 18.7 Å². The molecule has 7 heteroatoms. The SMILES string of the molecule is OC1(c2nc(-c3ccc(F)cn3)no2)CCCNC1. The van der Waals surface area contributed by atoms with Crippen LogP contribution >= 0.6 is 0 Å². The molecule has 1 aliphatic heterocycles. The minimum Gasteiger partial charge on any atom is -0.379 e. The lowest BCUT2D eigenvalue weighted by Gasteiger charge is -2.28. The number of nitrogens with one attached hydrogen (secondary N) is 1. The molecule has 6 nitrogen and oxygen atoms in total. The summed E-state index contributed by atoms with van der Waals surface area (Å²) in [5.41, 5.74) is -0.729. The zero-order valence-electron chi connectivity index (χ0n) is 10.1. The molecule has 1 fully saturated rings. The van der Waals surface area contributed by atoms with Gasteiger partial charge in [-0.2, -0.15) is 4.98 Å². The summed E-state index contributed by atoms with van der Waals surface area (Å²) in [7, 11) is 0. The van der Waals surface area contributed by atoms with Crippen LogP contribution in [0.15, 0.2) is 22.9 Å². The first-order chi connectivity index (χ1) is 9.17. The number of hydrogen-bond acceptors (Lipinski definition) is 6. The molecule has 19 heavy (non-hydrogen) atoms. The molecule has 3 rings (SSSR count). The Morgan fingerprint density at radius 1 is 1.42 bits per heavy atom. The Labute approximate surface area is 108 Å². The Morgan fingerprint density at radius 2 is 2.32 bits per heavy atom. The van der Waals surface area contributed by atoms with Gasteiger partial charge in [0.15, 0.2) is 5.60 Å². The Morgan fingerprint density at radius 3 is 3.00 bits per heavy atom. The third-order valence-electron chi connectivity index (χ3n) is 3.14. The van der Waals surface area contributed by atoms with E-state index in [1.54, 1.807) is 0 Å². The van der Waals surface area contributed by atoms with Crippen LogP contribution in [0, 0.1) is 5.82 Å². The predicted octanol–water partition coefficient (Wildman–Crippen LogP) is 0.842. The number of β-amino-alcohol motifs (C(OH)–C–C–N with tert-alkyl or cyclic N) is 1. The third-order valence-corrected chi connectivity index (χ3v) is 3.14. The van der Waals surface area contributed by atoms with Crippen molar-refractivity contribution < 1.29 is 14.0 Å². The van der Waals surface area contributed by atoms with Crippen LogP contribution < -0.4 is 5.32 Å². The summed E-state index contributed by atoms with van der Waals surface area (Å²) >= 11 is 0. The van der Waals surface area contributed by atoms with Gasteiger partial charge in [-0.1, -0.05) is 5.16 Å². The highest BCUT2D eigenvalue weighted by atomic mass is 19.1. The molecule has 0 spiro atoms. The van der Waals surface area contributed by atoms with E-state index in [-0.39, 0.29) is 11.7 Å². The molecule has 1 aliphatic rings. The largest absolute Gasteiger partial charge is 0.379 e. The lowest BCUT2D eigenvalue weighted by Crippen LogP contribution is -2.43. The maximum Gasteiger partial charge on any atom is 0.260 e. The molecule has 2 aromatic rings. The molecule has 0 aliphatic carbocycles. The number of aliphatic hydroxyl groups is 1. The zero-order chi connectivity index (χ0) is 13.3. The lowest BCUT2D eigenvalue weighted by atomic mass is 9.94. The Balaban J connectivity index is 1.88. The fourth-order valence-electron chi connectivity index (χ4n) is 2.10. The molecule has 0 radical (unpaired) electrons. The van der Waals surface area contributed by atoms with Gasteiger partial charge in [-0.15, -0.1) is 0 Å². The summed E-state index contributed by atoms with van der Waals surface area (Å²) in [5.74, 6) is -0.0163. The molecular formula is C12H13FN4O2. The van der Waals surface area contributed by atoms with Gasteiger partial charge in [-0.3, -0.25) is 0 Å². The van der Waals surface area contributed by atoms with E-state index in [2.05, 4.69) is 20.4 Å². The Bertz CT molecular complexity index is 563. The number of halogens is 1. The van der Waals surface area contributed by atoms with Crippen LogP contribution in [-0.2, 0) is 5.60 Å². The first kappa shape index (κ1) is 12.2. The average Bonchev–Trinajstić information content (AvgIpc) is 2.91. The maximum absolute atomic E-state index is 12.8. The van der Waals surface area contributed by atoms with Crippen molar-refractivity contribution >= 4 is 0 Å². The van der Waals surface area contributed by atoms with Crippen molar-refractivity contribution in [2.75, 3.05) is 13.1 Å². The minimum absolute atomic E-state index is 0.167. The van der Waals surface area contributed by atoms with E-state index in [1.807, 2.05) is 0 Å². The van der Waals surface area contributed by atoms with Gasteiger partial charge in [0.1, 0.15) is 11.5 Å². The topological polar surface area (TPSA) is 84.1 Å². The van der Waals surface area contributed by atoms with Crippen molar-refractivity contribution in [1.82, 2.24) is 20.4 Å². The van der Waals surface area contributed by atoms with Gasteiger partial charge >= 0.3 is 0 Å². The van der Waals surface area contributed by atoms with Gasteiger partial charge < -0.3 is 14.9 Å². The molecule has 0 saturated carbocycles. The van der Waals surface area contributed by atoms with Crippen LogP contribution in [-0.4, -0.2) is 33.3 Å². The van der Waals surface area contributed by atoms with E-state index in [9.17, 15) is 9.50 Å². The lowest BCUT2D eigenvalue weighted by molar-refractivity contribution is -0.0167. The van der Waals surface area contributed by atoms with Gasteiger partial charge in [0, 0.05) is 6.54 Å². The van der Waals surface area contributed by atoms with E-state index in [4.69, 9.17) is 4.52 Å². The van der Waals surface area contributed by atoms with Crippen LogP contribution in [0.4, 0.5) is 4.39 Å². The third kappa shape index (κ3) is 2.34. The second-order valence-corrected chi connectivity index (χ2v) is 4.60. The molecule has 2 N–H and O–H groups in total. The second-order valence-electron chi connectivity index (χ2n) is 4.60. The molecule has 1 unspecified atom stereocenters. The summed E-state index contributed by atoms with van der Waals surface area (Å²) in [6, 6.07) is 2.74. The average molecular weight is 264 g/mol. The van der Waals surface area contributed by atoms with E-state index >= 15 is 0 Å². The number of rotatable bonds is 2. The molecule has 0 bridgehead atoms. The quantitative estimate of drug-likeness (QED) is 0.836. The summed E-state index contributed by atoms with van der Waals surface area (Å²) in [6.45, 7) is 1.24. The van der Waals surface area contributed by atoms with Gasteiger partial charge in [0.2, 0.25) is 5.82 Å². The van der Waals surface area contributed by atoms with Crippen molar-refractivity contribution in [3.63, 3.8) is 0 Å². The zero-order valence-corrected chi connectivity index (χ0v) is 10.1. The molecule has 100 valence electrons. The fraction of sp³-hybridized carbons (Fsp3) is 0.417. The Kier molecular flexibility index (Phi) is 3.00. The number of nitrogens with zero attached hydrogens (tertiary/aromatic N) is 3. The summed E-state index contributed by atoms with van der Waals surface area (Å²) < 4.78 is 17.9. The van der Waals surface area contributed by atoms with Gasteiger partial charge in [-0.25, -0.2) is 9.37 Å². The first-order valence-electron chi connectivity index (χ1n) is 6.07. The predicted molar refractivity (Wildman–Crippen MR) is 63.5 cm³/mol. The maximum atomic E-state index is 12.8. The van der Waals surface area contributed by atoms with Gasteiger partial charge in [0.25, 0.3) is 5.89 Å². The molecule has 0 aromatic carbocycles.